The average molecular weight is 313 g/mol. The highest BCUT2D eigenvalue weighted by atomic mass is 79.9. The fourth-order valence-electron chi connectivity index (χ4n) is 1.97. The van der Waals surface area contributed by atoms with Crippen molar-refractivity contribution in [3.63, 3.8) is 0 Å². The van der Waals surface area contributed by atoms with Crippen LogP contribution in [0.15, 0.2) is 29.4 Å². The molecule has 1 heterocycles. The van der Waals surface area contributed by atoms with Gasteiger partial charge in [-0.1, -0.05) is 35.0 Å². The summed E-state index contributed by atoms with van der Waals surface area (Å²) in [7, 11) is 0. The maximum atomic E-state index is 13.2. The quantitative estimate of drug-likeness (QED) is 0.486. The third-order valence-corrected chi connectivity index (χ3v) is 4.25. The van der Waals surface area contributed by atoms with Crippen LogP contribution in [-0.4, -0.2) is 22.5 Å². The van der Waals surface area contributed by atoms with Crippen LogP contribution in [0.25, 0.3) is 0 Å². The number of carbonyl (C=O) groups is 1. The number of hydrogen-bond donors (Lipinski definition) is 0. The summed E-state index contributed by atoms with van der Waals surface area (Å²) in [4.78, 5) is 10.7. The fourth-order valence-corrected chi connectivity index (χ4v) is 2.49. The van der Waals surface area contributed by atoms with Crippen LogP contribution in [0.5, 0.6) is 0 Å². The van der Waals surface area contributed by atoms with Crippen LogP contribution < -0.4 is 0 Å². The Kier molecular flexibility index (Phi) is 4.11. The minimum Gasteiger partial charge on any atom is -0.303 e. The van der Waals surface area contributed by atoms with Gasteiger partial charge in [0.15, 0.2) is 0 Å². The van der Waals surface area contributed by atoms with E-state index < -0.39 is 0 Å². The van der Waals surface area contributed by atoms with Crippen LogP contribution in [0.4, 0.5) is 4.39 Å². The molecule has 0 amide bonds. The summed E-state index contributed by atoms with van der Waals surface area (Å²) in [5.74, 6) is -0.440. The topological polar surface area (TPSA) is 32.7 Å². The van der Waals surface area contributed by atoms with Gasteiger partial charge in [-0.15, -0.1) is 0 Å². The predicted molar refractivity (Wildman–Crippen MR) is 72.0 cm³/mol. The highest BCUT2D eigenvalue weighted by molar-refractivity contribution is 9.09. The first-order valence-electron chi connectivity index (χ1n) is 5.79. The zero-order valence-corrected chi connectivity index (χ0v) is 11.5. The molecule has 0 aromatic heterocycles. The number of hydrogen-bond acceptors (Lipinski definition) is 3. The molecule has 0 fully saturated rings. The summed E-state index contributed by atoms with van der Waals surface area (Å²) in [5, 5.41) is 6.09. The third kappa shape index (κ3) is 2.61. The molecule has 0 saturated heterocycles. The molecule has 1 aliphatic rings. The molecule has 0 saturated carbocycles. The predicted octanol–water partition coefficient (Wildman–Crippen LogP) is 3.11. The lowest BCUT2D eigenvalue weighted by Gasteiger charge is -2.30. The first kappa shape index (κ1) is 13.2. The number of carbonyl (C=O) groups excluding carboxylic acids is 1. The third-order valence-electron chi connectivity index (χ3n) is 3.00. The van der Waals surface area contributed by atoms with Gasteiger partial charge in [-0.05, 0) is 17.7 Å². The van der Waals surface area contributed by atoms with E-state index in [1.165, 1.54) is 12.1 Å². The second-order valence-electron chi connectivity index (χ2n) is 4.35. The summed E-state index contributed by atoms with van der Waals surface area (Å²) in [6.07, 6.45) is 3.40. The van der Waals surface area contributed by atoms with Crippen molar-refractivity contribution in [2.45, 2.75) is 24.3 Å². The second kappa shape index (κ2) is 5.61. The summed E-state index contributed by atoms with van der Waals surface area (Å²) in [5.41, 5.74) is 0.870. The van der Waals surface area contributed by atoms with Gasteiger partial charge in [0.2, 0.25) is 0 Å². The Morgan fingerprint density at radius 3 is 3.06 bits per heavy atom. The van der Waals surface area contributed by atoms with Gasteiger partial charge < -0.3 is 4.79 Å². The van der Waals surface area contributed by atoms with Crippen molar-refractivity contribution >= 4 is 28.4 Å². The number of halogens is 2. The number of rotatable bonds is 4. The van der Waals surface area contributed by atoms with Gasteiger partial charge in [-0.25, -0.2) is 4.39 Å². The molecule has 2 rings (SSSR count). The van der Waals surface area contributed by atoms with Crippen molar-refractivity contribution in [1.29, 1.82) is 0 Å². The zero-order valence-electron chi connectivity index (χ0n) is 9.96. The molecule has 1 aromatic carbocycles. The Balaban J connectivity index is 2.21. The zero-order chi connectivity index (χ0) is 13.1. The van der Waals surface area contributed by atoms with Crippen LogP contribution in [-0.2, 0) is 4.79 Å². The largest absolute Gasteiger partial charge is 0.303 e. The van der Waals surface area contributed by atoms with E-state index in [1.54, 1.807) is 12.3 Å². The van der Waals surface area contributed by atoms with Gasteiger partial charge >= 0.3 is 0 Å². The molecule has 0 aliphatic carbocycles. The molecule has 3 unspecified atom stereocenters. The number of benzene rings is 1. The van der Waals surface area contributed by atoms with Gasteiger partial charge in [0.05, 0.1) is 6.04 Å². The van der Waals surface area contributed by atoms with Crippen LogP contribution in [0.3, 0.4) is 0 Å². The molecule has 3 nitrogen and oxygen atoms in total. The van der Waals surface area contributed by atoms with Gasteiger partial charge in [0.1, 0.15) is 17.1 Å². The lowest BCUT2D eigenvalue weighted by molar-refractivity contribution is -0.111. The van der Waals surface area contributed by atoms with Gasteiger partial charge in [-0.3, -0.25) is 5.01 Å². The van der Waals surface area contributed by atoms with Crippen LogP contribution in [0.2, 0.25) is 0 Å². The molecule has 96 valence electrons. The first-order chi connectivity index (χ1) is 8.63. The minimum absolute atomic E-state index is 0.0209. The monoisotopic (exact) mass is 312 g/mol. The Morgan fingerprint density at radius 2 is 2.39 bits per heavy atom. The van der Waals surface area contributed by atoms with Crippen molar-refractivity contribution in [3.8, 4) is 0 Å². The van der Waals surface area contributed by atoms with E-state index in [0.29, 0.717) is 0 Å². The number of hydrazone groups is 1. The molecule has 0 N–H and O–H groups in total. The molecular weight excluding hydrogens is 299 g/mol. The lowest BCUT2D eigenvalue weighted by atomic mass is 10.0. The normalized spacial score (nSPS) is 21.9. The van der Waals surface area contributed by atoms with E-state index in [1.807, 2.05) is 18.0 Å². The van der Waals surface area contributed by atoms with Crippen LogP contribution >= 0.6 is 15.9 Å². The molecule has 0 radical (unpaired) electrons. The Hall–Kier alpha value is -1.23. The van der Waals surface area contributed by atoms with Gasteiger partial charge in [0, 0.05) is 18.6 Å². The summed E-state index contributed by atoms with van der Waals surface area (Å²) in [6.45, 7) is 1.82. The summed E-state index contributed by atoms with van der Waals surface area (Å²) < 4.78 is 13.2. The smallest absolute Gasteiger partial charge is 0.125 e. The number of alkyl halides is 1. The first-order valence-corrected chi connectivity index (χ1v) is 6.70. The SMILES string of the molecule is CC(C=O)C(Br)N1N=CCC1c1cccc(F)c1. The average Bonchev–Trinajstić information content (AvgIpc) is 2.86. The molecule has 5 heteroatoms. The van der Waals surface area contributed by atoms with E-state index >= 15 is 0 Å². The van der Waals surface area contributed by atoms with E-state index in [2.05, 4.69) is 21.0 Å². The van der Waals surface area contributed by atoms with E-state index in [9.17, 15) is 9.18 Å². The molecule has 3 atom stereocenters. The molecule has 0 bridgehead atoms. The van der Waals surface area contributed by atoms with Gasteiger partial charge in [0.25, 0.3) is 0 Å². The molecule has 0 spiro atoms. The summed E-state index contributed by atoms with van der Waals surface area (Å²) in [6, 6.07) is 6.47. The number of nitrogens with zero attached hydrogens (tertiary/aromatic N) is 2. The highest BCUT2D eigenvalue weighted by Gasteiger charge is 2.30. The van der Waals surface area contributed by atoms with Crippen molar-refractivity contribution in [2.24, 2.45) is 11.0 Å². The Bertz CT molecular complexity index is 466. The maximum absolute atomic E-state index is 13.2. The Labute approximate surface area is 114 Å². The molecular formula is C13H14BrFN2O. The highest BCUT2D eigenvalue weighted by Crippen LogP contribution is 2.34. The van der Waals surface area contributed by atoms with E-state index in [0.717, 1.165) is 18.3 Å². The van der Waals surface area contributed by atoms with Crippen molar-refractivity contribution < 1.29 is 9.18 Å². The van der Waals surface area contributed by atoms with E-state index in [-0.39, 0.29) is 22.7 Å². The second-order valence-corrected chi connectivity index (χ2v) is 5.29. The molecule has 1 aromatic rings. The van der Waals surface area contributed by atoms with Crippen molar-refractivity contribution in [3.05, 3.63) is 35.6 Å². The molecule has 1 aliphatic heterocycles. The molecule has 18 heavy (non-hydrogen) atoms. The standard InChI is InChI=1S/C13H14BrFN2O/c1-9(8-18)13(14)17-12(5-6-16-17)10-3-2-4-11(15)7-10/h2-4,6-9,12-13H,5H2,1H3. The van der Waals surface area contributed by atoms with E-state index in [4.69, 9.17) is 0 Å². The van der Waals surface area contributed by atoms with Crippen LogP contribution in [0, 0.1) is 11.7 Å². The van der Waals surface area contributed by atoms with Gasteiger partial charge in [-0.2, -0.15) is 5.10 Å². The van der Waals surface area contributed by atoms with Crippen molar-refractivity contribution in [2.75, 3.05) is 0 Å². The maximum Gasteiger partial charge on any atom is 0.125 e. The van der Waals surface area contributed by atoms with Crippen molar-refractivity contribution in [1.82, 2.24) is 5.01 Å². The fraction of sp³-hybridized carbons (Fsp3) is 0.385. The Morgan fingerprint density at radius 1 is 1.61 bits per heavy atom. The number of aldehydes is 1. The van der Waals surface area contributed by atoms with Crippen LogP contribution in [0.1, 0.15) is 24.9 Å². The minimum atomic E-state index is -0.256. The summed E-state index contributed by atoms with van der Waals surface area (Å²) >= 11 is 3.47. The lowest BCUT2D eigenvalue weighted by Crippen LogP contribution is -2.32.